The van der Waals surface area contributed by atoms with Gasteiger partial charge in [-0.3, -0.25) is 4.79 Å². The van der Waals surface area contributed by atoms with Gasteiger partial charge < -0.3 is 9.15 Å². The lowest BCUT2D eigenvalue weighted by Crippen LogP contribution is -2.04. The largest absolute Gasteiger partial charge is 0.472 e. The number of ether oxygens (including phenoxy) is 1. The molecule has 0 saturated carbocycles. The summed E-state index contributed by atoms with van der Waals surface area (Å²) in [5, 5.41) is 0. The highest BCUT2D eigenvalue weighted by atomic mass is 32.1. The molecule has 0 fully saturated rings. The Morgan fingerprint density at radius 3 is 3.09 bits per heavy atom. The average molecular weight is 172 g/mol. The summed E-state index contributed by atoms with van der Waals surface area (Å²) in [6.07, 6.45) is 3.07. The van der Waals surface area contributed by atoms with Gasteiger partial charge in [0.2, 0.25) is 0 Å². The van der Waals surface area contributed by atoms with Crippen molar-refractivity contribution in [1.29, 1.82) is 0 Å². The summed E-state index contributed by atoms with van der Waals surface area (Å²) in [5.74, 6) is -0.216. The van der Waals surface area contributed by atoms with Crippen molar-refractivity contribution in [2.75, 3.05) is 5.75 Å². The number of carbonyl (C=O) groups is 1. The minimum Gasteiger partial charge on any atom is -0.472 e. The van der Waals surface area contributed by atoms with Gasteiger partial charge >= 0.3 is 5.97 Å². The van der Waals surface area contributed by atoms with Crippen LogP contribution in [0.4, 0.5) is 0 Å². The predicted octanol–water partition coefficient (Wildman–Crippen LogP) is 1.25. The molecule has 0 N–H and O–H groups in total. The second kappa shape index (κ2) is 4.08. The summed E-state index contributed by atoms with van der Waals surface area (Å²) >= 11 is 3.75. The van der Waals surface area contributed by atoms with Crippen molar-refractivity contribution in [3.05, 3.63) is 24.2 Å². The van der Waals surface area contributed by atoms with Gasteiger partial charge in [0.05, 0.1) is 18.3 Å². The number of furan rings is 1. The molecular formula is C7H8O3S. The molecule has 0 aromatic carbocycles. The third kappa shape index (κ3) is 2.67. The minimum atomic E-state index is -0.325. The Kier molecular flexibility index (Phi) is 3.04. The van der Waals surface area contributed by atoms with Crippen LogP contribution in [-0.2, 0) is 16.1 Å². The molecule has 0 unspecified atom stereocenters. The van der Waals surface area contributed by atoms with Crippen molar-refractivity contribution in [3.63, 3.8) is 0 Å². The van der Waals surface area contributed by atoms with Gasteiger partial charge in [-0.1, -0.05) is 0 Å². The second-order valence-electron chi connectivity index (χ2n) is 1.95. The zero-order chi connectivity index (χ0) is 8.10. The molecule has 0 aliphatic heterocycles. The monoisotopic (exact) mass is 172 g/mol. The van der Waals surface area contributed by atoms with Crippen molar-refractivity contribution in [3.8, 4) is 0 Å². The Bertz CT molecular complexity index is 218. The Morgan fingerprint density at radius 1 is 1.73 bits per heavy atom. The number of thiol groups is 1. The number of hydrogen-bond acceptors (Lipinski definition) is 4. The fraction of sp³-hybridized carbons (Fsp3) is 0.286. The normalized spacial score (nSPS) is 9.55. The first-order valence-corrected chi connectivity index (χ1v) is 3.73. The van der Waals surface area contributed by atoms with Gasteiger partial charge in [-0.25, -0.2) is 0 Å². The van der Waals surface area contributed by atoms with E-state index in [1.54, 1.807) is 6.07 Å². The highest BCUT2D eigenvalue weighted by Gasteiger charge is 1.99. The number of rotatable bonds is 3. The molecule has 1 aromatic rings. The topological polar surface area (TPSA) is 39.4 Å². The molecule has 0 radical (unpaired) electrons. The van der Waals surface area contributed by atoms with Crippen LogP contribution in [0.3, 0.4) is 0 Å². The maximum Gasteiger partial charge on any atom is 0.315 e. The van der Waals surface area contributed by atoms with Crippen LogP contribution in [0.2, 0.25) is 0 Å². The van der Waals surface area contributed by atoms with Crippen LogP contribution in [0.25, 0.3) is 0 Å². The van der Waals surface area contributed by atoms with Crippen LogP contribution in [0.15, 0.2) is 23.0 Å². The predicted molar refractivity (Wildman–Crippen MR) is 42.4 cm³/mol. The third-order valence-corrected chi connectivity index (χ3v) is 1.37. The maximum atomic E-state index is 10.6. The summed E-state index contributed by atoms with van der Waals surface area (Å²) in [7, 11) is 0. The molecule has 1 aromatic heterocycles. The van der Waals surface area contributed by atoms with Crippen LogP contribution in [0.1, 0.15) is 5.56 Å². The molecule has 0 saturated heterocycles. The van der Waals surface area contributed by atoms with Gasteiger partial charge in [0, 0.05) is 5.56 Å². The summed E-state index contributed by atoms with van der Waals surface area (Å²) in [4.78, 5) is 10.6. The van der Waals surface area contributed by atoms with E-state index in [2.05, 4.69) is 12.6 Å². The van der Waals surface area contributed by atoms with E-state index in [9.17, 15) is 4.79 Å². The molecule has 0 atom stereocenters. The molecule has 0 amide bonds. The molecule has 1 rings (SSSR count). The van der Waals surface area contributed by atoms with E-state index in [-0.39, 0.29) is 18.3 Å². The van der Waals surface area contributed by atoms with Crippen molar-refractivity contribution in [2.24, 2.45) is 0 Å². The van der Waals surface area contributed by atoms with E-state index in [1.807, 2.05) is 0 Å². The highest BCUT2D eigenvalue weighted by Crippen LogP contribution is 2.01. The lowest BCUT2D eigenvalue weighted by Gasteiger charge is -1.98. The average Bonchev–Trinajstić information content (AvgIpc) is 2.52. The van der Waals surface area contributed by atoms with E-state index in [4.69, 9.17) is 9.15 Å². The number of hydrogen-bond donors (Lipinski definition) is 1. The van der Waals surface area contributed by atoms with Crippen molar-refractivity contribution < 1.29 is 13.9 Å². The lowest BCUT2D eigenvalue weighted by atomic mass is 10.4. The molecule has 0 aliphatic rings. The summed E-state index contributed by atoms with van der Waals surface area (Å²) in [6, 6.07) is 1.74. The smallest absolute Gasteiger partial charge is 0.315 e. The second-order valence-corrected chi connectivity index (χ2v) is 2.27. The Labute approximate surface area is 69.8 Å². The fourth-order valence-electron chi connectivity index (χ4n) is 0.584. The van der Waals surface area contributed by atoms with Crippen molar-refractivity contribution in [2.45, 2.75) is 6.61 Å². The van der Waals surface area contributed by atoms with Crippen LogP contribution in [0, 0.1) is 0 Å². The summed E-state index contributed by atoms with van der Waals surface area (Å²) in [5.41, 5.74) is 0.847. The summed E-state index contributed by atoms with van der Waals surface area (Å²) in [6.45, 7) is 0.260. The molecular weight excluding hydrogens is 164 g/mol. The summed E-state index contributed by atoms with van der Waals surface area (Å²) < 4.78 is 9.53. The molecule has 0 spiro atoms. The van der Waals surface area contributed by atoms with Crippen LogP contribution in [-0.4, -0.2) is 11.7 Å². The minimum absolute atomic E-state index is 0.109. The Balaban J connectivity index is 2.29. The number of esters is 1. The van der Waals surface area contributed by atoms with E-state index >= 15 is 0 Å². The Morgan fingerprint density at radius 2 is 2.55 bits per heavy atom. The van der Waals surface area contributed by atoms with Crippen molar-refractivity contribution >= 4 is 18.6 Å². The quantitative estimate of drug-likeness (QED) is 0.551. The third-order valence-electron chi connectivity index (χ3n) is 1.11. The molecule has 60 valence electrons. The molecule has 0 bridgehead atoms. The first-order valence-electron chi connectivity index (χ1n) is 3.10. The maximum absolute atomic E-state index is 10.6. The van der Waals surface area contributed by atoms with Gasteiger partial charge in [-0.15, -0.1) is 0 Å². The molecule has 4 heteroatoms. The molecule has 11 heavy (non-hydrogen) atoms. The standard InChI is InChI=1S/C7H8O3S/c8-7(5-11)10-4-6-1-2-9-3-6/h1-3,11H,4-5H2. The lowest BCUT2D eigenvalue weighted by molar-refractivity contribution is -0.141. The first kappa shape index (κ1) is 8.20. The molecule has 0 aliphatic carbocycles. The van der Waals surface area contributed by atoms with Crippen LogP contribution in [0.5, 0.6) is 0 Å². The van der Waals surface area contributed by atoms with E-state index in [1.165, 1.54) is 12.5 Å². The highest BCUT2D eigenvalue weighted by molar-refractivity contribution is 7.81. The number of carbonyl (C=O) groups excluding carboxylic acids is 1. The van der Waals surface area contributed by atoms with Crippen LogP contribution < -0.4 is 0 Å². The SMILES string of the molecule is O=C(CS)OCc1ccoc1. The van der Waals surface area contributed by atoms with Crippen molar-refractivity contribution in [1.82, 2.24) is 0 Å². The van der Waals surface area contributed by atoms with Gasteiger partial charge in [0.15, 0.2) is 0 Å². The zero-order valence-corrected chi connectivity index (χ0v) is 6.71. The zero-order valence-electron chi connectivity index (χ0n) is 5.82. The first-order chi connectivity index (χ1) is 5.33. The van der Waals surface area contributed by atoms with E-state index < -0.39 is 0 Å². The van der Waals surface area contributed by atoms with Crippen LogP contribution >= 0.6 is 12.6 Å². The van der Waals surface area contributed by atoms with E-state index in [0.29, 0.717) is 0 Å². The van der Waals surface area contributed by atoms with Gasteiger partial charge in [0.1, 0.15) is 6.61 Å². The molecule has 3 nitrogen and oxygen atoms in total. The Hall–Kier alpha value is -0.900. The van der Waals surface area contributed by atoms with Gasteiger partial charge in [-0.05, 0) is 6.07 Å². The van der Waals surface area contributed by atoms with Gasteiger partial charge in [-0.2, -0.15) is 12.6 Å². The van der Waals surface area contributed by atoms with Gasteiger partial charge in [0.25, 0.3) is 0 Å². The molecule has 1 heterocycles. The fourth-order valence-corrected chi connectivity index (χ4v) is 0.676. The van der Waals surface area contributed by atoms with E-state index in [0.717, 1.165) is 5.56 Å².